The zero-order chi connectivity index (χ0) is 20.7. The van der Waals surface area contributed by atoms with Crippen molar-refractivity contribution in [3.05, 3.63) is 41.9 Å². The van der Waals surface area contributed by atoms with Gasteiger partial charge < -0.3 is 15.2 Å². The predicted octanol–water partition coefficient (Wildman–Crippen LogP) is 3.11. The molecule has 0 aliphatic heterocycles. The zero-order valence-electron chi connectivity index (χ0n) is 16.0. The van der Waals surface area contributed by atoms with Crippen molar-refractivity contribution in [2.24, 2.45) is 11.7 Å². The lowest BCUT2D eigenvalue weighted by molar-refractivity contribution is -0.0186. The Labute approximate surface area is 163 Å². The van der Waals surface area contributed by atoms with Crippen molar-refractivity contribution in [2.75, 3.05) is 6.61 Å². The molecule has 2 rings (SSSR count). The van der Waals surface area contributed by atoms with Gasteiger partial charge in [-0.2, -0.15) is 5.26 Å². The number of hydrogen-bond donors (Lipinski definition) is 1. The van der Waals surface area contributed by atoms with E-state index in [0.29, 0.717) is 29.7 Å². The molecule has 0 unspecified atom stereocenters. The molecule has 2 aromatic rings. The second kappa shape index (κ2) is 8.95. The molecule has 0 spiro atoms. The van der Waals surface area contributed by atoms with E-state index in [-0.39, 0.29) is 23.9 Å². The summed E-state index contributed by atoms with van der Waals surface area (Å²) in [5.74, 6) is 0.652. The van der Waals surface area contributed by atoms with Crippen LogP contribution in [0.3, 0.4) is 0 Å². The summed E-state index contributed by atoms with van der Waals surface area (Å²) in [6, 6.07) is 8.70. The predicted molar refractivity (Wildman–Crippen MR) is 102 cm³/mol. The molecule has 146 valence electrons. The van der Waals surface area contributed by atoms with Crippen LogP contribution in [0.5, 0.6) is 5.75 Å². The number of hydrogen-bond acceptors (Lipinski definition) is 7. The maximum absolute atomic E-state index is 11.2. The van der Waals surface area contributed by atoms with Gasteiger partial charge in [-0.1, -0.05) is 13.8 Å². The summed E-state index contributed by atoms with van der Waals surface area (Å²) in [5.41, 5.74) is 5.71. The lowest BCUT2D eigenvalue weighted by Crippen LogP contribution is -2.41. The first-order valence-electron chi connectivity index (χ1n) is 8.70. The molecule has 1 aromatic heterocycles. The van der Waals surface area contributed by atoms with Gasteiger partial charge in [0.1, 0.15) is 24.0 Å². The van der Waals surface area contributed by atoms with Gasteiger partial charge in [0.05, 0.1) is 11.3 Å². The van der Waals surface area contributed by atoms with E-state index in [0.717, 1.165) is 0 Å². The van der Waals surface area contributed by atoms with E-state index in [1.165, 1.54) is 6.20 Å². The molecule has 1 heterocycles. The van der Waals surface area contributed by atoms with E-state index in [2.05, 4.69) is 16.0 Å². The number of aldehydes is 1. The van der Waals surface area contributed by atoms with Crippen molar-refractivity contribution in [2.45, 2.75) is 32.8 Å². The smallest absolute Gasteiger partial charge is 0.405 e. The van der Waals surface area contributed by atoms with Crippen LogP contribution in [0, 0.1) is 17.2 Å². The number of benzene rings is 1. The lowest BCUT2D eigenvalue weighted by atomic mass is 9.95. The summed E-state index contributed by atoms with van der Waals surface area (Å²) >= 11 is 0. The molecule has 1 aromatic carbocycles. The molecule has 8 heteroatoms. The number of rotatable bonds is 8. The molecule has 0 radical (unpaired) electrons. The standard InChI is InChI=1S/C20H22N4O4/c1-13(2)9-20(3,28-19(22)26)12-27-17-5-4-14(8-15(17)10-21)16-6-7-23-18(11-25)24-16/h4-8,11,13H,9,12H2,1-3H3,(H2,22,26)/t20-/m0/s1. The van der Waals surface area contributed by atoms with Crippen molar-refractivity contribution in [3.8, 4) is 23.1 Å². The number of carbonyl (C=O) groups is 2. The second-order valence-corrected chi connectivity index (χ2v) is 7.00. The van der Waals surface area contributed by atoms with Crippen molar-refractivity contribution >= 4 is 12.4 Å². The Morgan fingerprint density at radius 3 is 2.75 bits per heavy atom. The largest absolute Gasteiger partial charge is 0.488 e. The lowest BCUT2D eigenvalue weighted by Gasteiger charge is -2.30. The van der Waals surface area contributed by atoms with Crippen LogP contribution in [0.1, 0.15) is 43.4 Å². The summed E-state index contributed by atoms with van der Waals surface area (Å²) in [6.07, 6.45) is 1.70. The first kappa shape index (κ1) is 20.8. The van der Waals surface area contributed by atoms with Crippen LogP contribution in [0.2, 0.25) is 0 Å². The SMILES string of the molecule is CC(C)C[C@@](C)(COc1ccc(-c2ccnc(C=O)n2)cc1C#N)OC(N)=O. The highest BCUT2D eigenvalue weighted by molar-refractivity contribution is 5.71. The molecule has 0 aliphatic rings. The fraction of sp³-hybridized carbons (Fsp3) is 0.350. The maximum atomic E-state index is 11.2. The summed E-state index contributed by atoms with van der Waals surface area (Å²) in [6.45, 7) is 5.77. The Balaban J connectivity index is 2.25. The number of ether oxygens (including phenoxy) is 2. The molecule has 8 nitrogen and oxygen atoms in total. The minimum atomic E-state index is -0.920. The Bertz CT molecular complexity index is 907. The fourth-order valence-corrected chi connectivity index (χ4v) is 2.96. The molecule has 0 saturated carbocycles. The molecule has 1 amide bonds. The highest BCUT2D eigenvalue weighted by Gasteiger charge is 2.30. The molecule has 0 bridgehead atoms. The van der Waals surface area contributed by atoms with E-state index in [4.69, 9.17) is 15.2 Å². The van der Waals surface area contributed by atoms with Crippen LogP contribution in [0.4, 0.5) is 4.79 Å². The molecule has 1 atom stereocenters. The number of amides is 1. The van der Waals surface area contributed by atoms with Crippen molar-refractivity contribution in [3.63, 3.8) is 0 Å². The van der Waals surface area contributed by atoms with Gasteiger partial charge >= 0.3 is 6.09 Å². The molecular weight excluding hydrogens is 360 g/mol. The number of aromatic nitrogens is 2. The zero-order valence-corrected chi connectivity index (χ0v) is 16.0. The second-order valence-electron chi connectivity index (χ2n) is 7.00. The molecule has 0 saturated heterocycles. The van der Waals surface area contributed by atoms with Gasteiger partial charge in [-0.05, 0) is 43.5 Å². The van der Waals surface area contributed by atoms with E-state index in [1.54, 1.807) is 31.2 Å². The van der Waals surface area contributed by atoms with Crippen LogP contribution in [0.25, 0.3) is 11.3 Å². The van der Waals surface area contributed by atoms with E-state index >= 15 is 0 Å². The maximum Gasteiger partial charge on any atom is 0.405 e. The number of nitriles is 1. The van der Waals surface area contributed by atoms with Crippen LogP contribution >= 0.6 is 0 Å². The quantitative estimate of drug-likeness (QED) is 0.695. The van der Waals surface area contributed by atoms with Gasteiger partial charge in [0.25, 0.3) is 0 Å². The van der Waals surface area contributed by atoms with Crippen LogP contribution in [0.15, 0.2) is 30.5 Å². The van der Waals surface area contributed by atoms with Crippen LogP contribution < -0.4 is 10.5 Å². The monoisotopic (exact) mass is 382 g/mol. The van der Waals surface area contributed by atoms with Gasteiger partial charge in [-0.3, -0.25) is 4.79 Å². The van der Waals surface area contributed by atoms with Crippen LogP contribution in [-0.2, 0) is 4.74 Å². The van der Waals surface area contributed by atoms with Gasteiger partial charge in [-0.15, -0.1) is 0 Å². The minimum Gasteiger partial charge on any atom is -0.488 e. The molecule has 28 heavy (non-hydrogen) atoms. The molecule has 0 fully saturated rings. The van der Waals surface area contributed by atoms with Gasteiger partial charge in [0.2, 0.25) is 0 Å². The Morgan fingerprint density at radius 2 is 2.14 bits per heavy atom. The summed E-state index contributed by atoms with van der Waals surface area (Å²) in [4.78, 5) is 30.0. The van der Waals surface area contributed by atoms with Crippen molar-refractivity contribution in [1.29, 1.82) is 5.26 Å². The number of nitrogens with zero attached hydrogens (tertiary/aromatic N) is 3. The van der Waals surface area contributed by atoms with E-state index in [1.807, 2.05) is 13.8 Å². The van der Waals surface area contributed by atoms with Crippen molar-refractivity contribution in [1.82, 2.24) is 9.97 Å². The average Bonchev–Trinajstić information content (AvgIpc) is 2.65. The topological polar surface area (TPSA) is 128 Å². The third-order valence-corrected chi connectivity index (χ3v) is 3.90. The molecular formula is C20H22N4O4. The van der Waals surface area contributed by atoms with Crippen molar-refractivity contribution < 1.29 is 19.1 Å². The third kappa shape index (κ3) is 5.51. The normalized spacial score (nSPS) is 12.7. The summed E-state index contributed by atoms with van der Waals surface area (Å²) < 4.78 is 11.0. The van der Waals surface area contributed by atoms with Gasteiger partial charge in [0.15, 0.2) is 12.1 Å². The third-order valence-electron chi connectivity index (χ3n) is 3.90. The Morgan fingerprint density at radius 1 is 1.39 bits per heavy atom. The van der Waals surface area contributed by atoms with E-state index < -0.39 is 11.7 Å². The first-order chi connectivity index (χ1) is 13.3. The minimum absolute atomic E-state index is 0.0466. The summed E-state index contributed by atoms with van der Waals surface area (Å²) in [5, 5.41) is 9.49. The van der Waals surface area contributed by atoms with Crippen LogP contribution in [-0.4, -0.2) is 34.6 Å². The fourth-order valence-electron chi connectivity index (χ4n) is 2.96. The molecule has 0 aliphatic carbocycles. The highest BCUT2D eigenvalue weighted by Crippen LogP contribution is 2.28. The number of carbonyl (C=O) groups excluding carboxylic acids is 2. The Hall–Kier alpha value is -3.47. The molecule has 2 N–H and O–H groups in total. The Kier molecular flexibility index (Phi) is 6.66. The van der Waals surface area contributed by atoms with Gasteiger partial charge in [0, 0.05) is 11.8 Å². The highest BCUT2D eigenvalue weighted by atomic mass is 16.6. The summed E-state index contributed by atoms with van der Waals surface area (Å²) in [7, 11) is 0. The number of primary amides is 1. The first-order valence-corrected chi connectivity index (χ1v) is 8.70. The van der Waals surface area contributed by atoms with Gasteiger partial charge in [-0.25, -0.2) is 14.8 Å². The average molecular weight is 382 g/mol. The van der Waals surface area contributed by atoms with E-state index in [9.17, 15) is 14.9 Å². The number of nitrogens with two attached hydrogens (primary N) is 1.